The van der Waals surface area contributed by atoms with Gasteiger partial charge in [0.1, 0.15) is 5.78 Å². The average molecular weight is 293 g/mol. The van der Waals surface area contributed by atoms with Gasteiger partial charge in [0.05, 0.1) is 17.5 Å². The van der Waals surface area contributed by atoms with Crippen molar-refractivity contribution in [2.24, 2.45) is 35.5 Å². The summed E-state index contributed by atoms with van der Waals surface area (Å²) in [5.41, 5.74) is 0.616. The number of anilines is 1. The number of amides is 2. The molecule has 3 fully saturated rings. The van der Waals surface area contributed by atoms with E-state index in [1.54, 1.807) is 12.1 Å². The summed E-state index contributed by atoms with van der Waals surface area (Å²) in [7, 11) is 0. The number of rotatable bonds is 1. The van der Waals surface area contributed by atoms with Crippen molar-refractivity contribution in [2.45, 2.75) is 6.42 Å². The Morgan fingerprint density at radius 3 is 2.41 bits per heavy atom. The van der Waals surface area contributed by atoms with Gasteiger partial charge < -0.3 is 0 Å². The maximum absolute atomic E-state index is 12.9. The predicted molar refractivity (Wildman–Crippen MR) is 78.6 cm³/mol. The van der Waals surface area contributed by atoms with Crippen LogP contribution in [0.4, 0.5) is 5.69 Å². The maximum Gasteiger partial charge on any atom is 0.238 e. The van der Waals surface area contributed by atoms with Crippen LogP contribution in [-0.2, 0) is 14.4 Å². The number of carbonyl (C=O) groups excluding carboxylic acids is 3. The number of imide groups is 1. The number of para-hydroxylation sites is 1. The molecule has 6 rings (SSSR count). The molecule has 6 atom stereocenters. The highest BCUT2D eigenvalue weighted by atomic mass is 16.2. The van der Waals surface area contributed by atoms with Crippen LogP contribution in [0.15, 0.2) is 42.5 Å². The predicted octanol–water partition coefficient (Wildman–Crippen LogP) is 1.81. The molecule has 4 heteroatoms. The zero-order valence-corrected chi connectivity index (χ0v) is 11.9. The summed E-state index contributed by atoms with van der Waals surface area (Å²) in [4.78, 5) is 39.7. The molecule has 2 bridgehead atoms. The Morgan fingerprint density at radius 1 is 0.909 bits per heavy atom. The second-order valence-corrected chi connectivity index (χ2v) is 6.80. The molecule has 110 valence electrons. The zero-order chi connectivity index (χ0) is 15.0. The minimum atomic E-state index is -0.483. The SMILES string of the molecule is O=C1[C@H]2C=C[C@@H]([C@H]3C[C@H]13)[C@@H]1C(=O)N(c3ccccc3)C(=O)[C@H]12. The molecule has 4 aliphatic carbocycles. The van der Waals surface area contributed by atoms with E-state index in [0.717, 1.165) is 6.42 Å². The molecule has 1 aliphatic heterocycles. The van der Waals surface area contributed by atoms with Crippen LogP contribution in [0.1, 0.15) is 6.42 Å². The first-order chi connectivity index (χ1) is 10.7. The van der Waals surface area contributed by atoms with Crippen LogP contribution in [0, 0.1) is 35.5 Å². The van der Waals surface area contributed by atoms with Crippen molar-refractivity contribution in [3.8, 4) is 0 Å². The number of nitrogens with zero attached hydrogens (tertiary/aromatic N) is 1. The summed E-state index contributed by atoms with van der Waals surface area (Å²) in [5, 5.41) is 0. The van der Waals surface area contributed by atoms with Gasteiger partial charge in [0, 0.05) is 11.8 Å². The van der Waals surface area contributed by atoms with E-state index in [0.29, 0.717) is 5.69 Å². The van der Waals surface area contributed by atoms with E-state index in [4.69, 9.17) is 0 Å². The Balaban J connectivity index is 1.62. The third-order valence-corrected chi connectivity index (χ3v) is 5.78. The maximum atomic E-state index is 12.9. The Morgan fingerprint density at radius 2 is 1.64 bits per heavy atom. The summed E-state index contributed by atoms with van der Waals surface area (Å²) in [6, 6.07) is 9.05. The van der Waals surface area contributed by atoms with Gasteiger partial charge >= 0.3 is 0 Å². The van der Waals surface area contributed by atoms with Crippen molar-refractivity contribution >= 4 is 23.3 Å². The van der Waals surface area contributed by atoms with Gasteiger partial charge in [-0.1, -0.05) is 30.4 Å². The topological polar surface area (TPSA) is 54.5 Å². The van der Waals surface area contributed by atoms with Crippen molar-refractivity contribution in [2.75, 3.05) is 4.90 Å². The quantitative estimate of drug-likeness (QED) is 0.586. The normalized spacial score (nSPS) is 41.5. The minimum Gasteiger partial charge on any atom is -0.299 e. The van der Waals surface area contributed by atoms with Crippen LogP contribution in [0.5, 0.6) is 0 Å². The summed E-state index contributed by atoms with van der Waals surface area (Å²) < 4.78 is 0. The summed E-state index contributed by atoms with van der Waals surface area (Å²) in [5.74, 6) is -0.958. The molecule has 1 heterocycles. The molecule has 2 amide bonds. The zero-order valence-electron chi connectivity index (χ0n) is 11.9. The van der Waals surface area contributed by atoms with Gasteiger partial charge in [0.2, 0.25) is 11.8 Å². The van der Waals surface area contributed by atoms with Crippen molar-refractivity contribution < 1.29 is 14.4 Å². The van der Waals surface area contributed by atoms with Gasteiger partial charge in [-0.3, -0.25) is 19.3 Å². The van der Waals surface area contributed by atoms with Gasteiger partial charge in [0.15, 0.2) is 0 Å². The van der Waals surface area contributed by atoms with Crippen molar-refractivity contribution in [3.63, 3.8) is 0 Å². The van der Waals surface area contributed by atoms with Crippen LogP contribution in [0.2, 0.25) is 0 Å². The van der Waals surface area contributed by atoms with E-state index < -0.39 is 11.8 Å². The number of hydrogen-bond donors (Lipinski definition) is 0. The number of benzene rings is 1. The second kappa shape index (κ2) is 3.94. The highest BCUT2D eigenvalue weighted by Crippen LogP contribution is 2.59. The van der Waals surface area contributed by atoms with E-state index in [1.165, 1.54) is 4.90 Å². The molecule has 1 saturated heterocycles. The Hall–Kier alpha value is -2.23. The molecule has 0 aromatic heterocycles. The first kappa shape index (κ1) is 12.3. The summed E-state index contributed by atoms with van der Waals surface area (Å²) >= 11 is 0. The molecular weight excluding hydrogens is 278 g/mol. The third-order valence-electron chi connectivity index (χ3n) is 5.78. The molecule has 1 aromatic rings. The molecule has 4 nitrogen and oxygen atoms in total. The van der Waals surface area contributed by atoms with Crippen molar-refractivity contribution in [3.05, 3.63) is 42.5 Å². The summed E-state index contributed by atoms with van der Waals surface area (Å²) in [6.07, 6.45) is 4.81. The van der Waals surface area contributed by atoms with Crippen LogP contribution >= 0.6 is 0 Å². The molecule has 0 radical (unpaired) electrons. The third kappa shape index (κ3) is 1.35. The molecule has 0 spiro atoms. The average Bonchev–Trinajstić information content (AvgIpc) is 3.31. The van der Waals surface area contributed by atoms with Gasteiger partial charge in [-0.05, 0) is 30.4 Å². The lowest BCUT2D eigenvalue weighted by Crippen LogP contribution is -2.35. The van der Waals surface area contributed by atoms with Crippen molar-refractivity contribution in [1.82, 2.24) is 0 Å². The van der Waals surface area contributed by atoms with Crippen LogP contribution in [0.3, 0.4) is 0 Å². The van der Waals surface area contributed by atoms with Crippen LogP contribution in [0.25, 0.3) is 0 Å². The van der Waals surface area contributed by atoms with E-state index >= 15 is 0 Å². The van der Waals surface area contributed by atoms with Gasteiger partial charge in [0.25, 0.3) is 0 Å². The lowest BCUT2D eigenvalue weighted by Gasteiger charge is -2.28. The minimum absolute atomic E-state index is 0.0582. The lowest BCUT2D eigenvalue weighted by atomic mass is 9.71. The molecular formula is C18H15NO3. The number of hydrogen-bond acceptors (Lipinski definition) is 3. The van der Waals surface area contributed by atoms with Gasteiger partial charge in [-0.2, -0.15) is 0 Å². The monoisotopic (exact) mass is 293 g/mol. The number of Topliss-reactive ketones (excluding diaryl/α,β-unsaturated/α-hetero) is 1. The van der Waals surface area contributed by atoms with E-state index in [2.05, 4.69) is 0 Å². The van der Waals surface area contributed by atoms with E-state index in [9.17, 15) is 14.4 Å². The van der Waals surface area contributed by atoms with Gasteiger partial charge in [-0.25, -0.2) is 0 Å². The highest BCUT2D eigenvalue weighted by Gasteiger charge is 2.65. The fraction of sp³-hybridized carbons (Fsp3) is 0.389. The molecule has 5 aliphatic rings. The van der Waals surface area contributed by atoms with E-state index in [1.807, 2.05) is 30.4 Å². The van der Waals surface area contributed by atoms with E-state index in [-0.39, 0.29) is 41.3 Å². The number of carbonyl (C=O) groups is 3. The Bertz CT molecular complexity index is 738. The first-order valence-electron chi connectivity index (χ1n) is 7.83. The molecule has 22 heavy (non-hydrogen) atoms. The largest absolute Gasteiger partial charge is 0.299 e. The van der Waals surface area contributed by atoms with Gasteiger partial charge in [-0.15, -0.1) is 0 Å². The summed E-state index contributed by atoms with van der Waals surface area (Å²) in [6.45, 7) is 0. The van der Waals surface area contributed by atoms with Crippen LogP contribution < -0.4 is 4.90 Å². The fourth-order valence-corrected chi connectivity index (χ4v) is 4.71. The standard InChI is InChI=1S/C18H15NO3/c20-16-11-7-6-10(12-8-13(12)16)14-15(11)18(22)19(17(14)21)9-4-2-1-3-5-9/h1-7,10-15H,8H2/t10-,11-,12+,13-,14-,15-/m0/s1. The number of allylic oxidation sites excluding steroid dienone is 2. The second-order valence-electron chi connectivity index (χ2n) is 6.80. The van der Waals surface area contributed by atoms with Crippen LogP contribution in [-0.4, -0.2) is 17.6 Å². The Kier molecular flexibility index (Phi) is 2.21. The fourth-order valence-electron chi connectivity index (χ4n) is 4.71. The number of ketones is 1. The molecule has 1 aromatic carbocycles. The molecule has 2 saturated carbocycles. The first-order valence-corrected chi connectivity index (χ1v) is 7.83. The van der Waals surface area contributed by atoms with Crippen molar-refractivity contribution in [1.29, 1.82) is 0 Å². The Labute approximate surface area is 127 Å². The highest BCUT2D eigenvalue weighted by molar-refractivity contribution is 6.23. The molecule has 0 N–H and O–H groups in total. The lowest BCUT2D eigenvalue weighted by molar-refractivity contribution is -0.130. The smallest absolute Gasteiger partial charge is 0.238 e. The molecule has 0 unspecified atom stereocenters.